The van der Waals surface area contributed by atoms with Crippen molar-refractivity contribution in [3.05, 3.63) is 53.6 Å². The maximum absolute atomic E-state index is 12.9. The number of amides is 1. The van der Waals surface area contributed by atoms with Gasteiger partial charge >= 0.3 is 0 Å². The predicted octanol–water partition coefficient (Wildman–Crippen LogP) is 4.38. The van der Waals surface area contributed by atoms with Crippen LogP contribution in [-0.2, 0) is 15.6 Å². The number of rotatable bonds is 3. The van der Waals surface area contributed by atoms with Crippen LogP contribution in [0.15, 0.2) is 42.5 Å². The molecule has 4 rings (SSSR count). The quantitative estimate of drug-likeness (QED) is 0.904. The SMILES string of the molecule is CC(C)(C)c1ccc(NC(=O)C2(c3ccc4c(c3)OCO4)CC2)cc1. The first-order chi connectivity index (χ1) is 11.9. The molecule has 0 saturated heterocycles. The van der Waals surface area contributed by atoms with Crippen LogP contribution in [0, 0.1) is 0 Å². The smallest absolute Gasteiger partial charge is 0.235 e. The van der Waals surface area contributed by atoms with Crippen LogP contribution in [0.3, 0.4) is 0 Å². The van der Waals surface area contributed by atoms with E-state index in [0.29, 0.717) is 0 Å². The lowest BCUT2D eigenvalue weighted by molar-refractivity contribution is -0.118. The summed E-state index contributed by atoms with van der Waals surface area (Å²) in [5.74, 6) is 1.53. The number of hydrogen-bond acceptors (Lipinski definition) is 3. The minimum absolute atomic E-state index is 0.0508. The highest BCUT2D eigenvalue weighted by Gasteiger charge is 2.51. The van der Waals surface area contributed by atoms with Crippen molar-refractivity contribution in [3.63, 3.8) is 0 Å². The molecule has 0 unspecified atom stereocenters. The first-order valence-corrected chi connectivity index (χ1v) is 8.71. The number of fused-ring (bicyclic) bond motifs is 1. The van der Waals surface area contributed by atoms with Crippen LogP contribution in [0.25, 0.3) is 0 Å². The van der Waals surface area contributed by atoms with Gasteiger partial charge in [0.15, 0.2) is 11.5 Å². The molecule has 25 heavy (non-hydrogen) atoms. The average Bonchev–Trinajstić information content (AvgIpc) is 3.26. The van der Waals surface area contributed by atoms with Crippen LogP contribution in [0.1, 0.15) is 44.7 Å². The molecule has 0 aromatic heterocycles. The second-order valence-electron chi connectivity index (χ2n) is 7.93. The van der Waals surface area contributed by atoms with Crippen molar-refractivity contribution in [1.82, 2.24) is 0 Å². The minimum atomic E-state index is -0.441. The van der Waals surface area contributed by atoms with Gasteiger partial charge in [-0.25, -0.2) is 0 Å². The average molecular weight is 337 g/mol. The molecular weight excluding hydrogens is 314 g/mol. The third-order valence-electron chi connectivity index (χ3n) is 5.12. The van der Waals surface area contributed by atoms with Gasteiger partial charge in [0.2, 0.25) is 12.7 Å². The summed E-state index contributed by atoms with van der Waals surface area (Å²) in [5.41, 5.74) is 2.75. The molecule has 1 amide bonds. The van der Waals surface area contributed by atoms with Crippen molar-refractivity contribution in [1.29, 1.82) is 0 Å². The summed E-state index contributed by atoms with van der Waals surface area (Å²) < 4.78 is 10.8. The van der Waals surface area contributed by atoms with E-state index in [1.807, 2.05) is 30.3 Å². The fraction of sp³-hybridized carbons (Fsp3) is 0.381. The van der Waals surface area contributed by atoms with Gasteiger partial charge in [0.05, 0.1) is 5.41 Å². The Morgan fingerprint density at radius 2 is 1.68 bits per heavy atom. The van der Waals surface area contributed by atoms with Crippen LogP contribution in [0.4, 0.5) is 5.69 Å². The summed E-state index contributed by atoms with van der Waals surface area (Å²) in [6, 6.07) is 13.9. The molecule has 0 radical (unpaired) electrons. The van der Waals surface area contributed by atoms with Gasteiger partial charge in [-0.1, -0.05) is 39.0 Å². The highest BCUT2D eigenvalue weighted by molar-refractivity contribution is 6.01. The summed E-state index contributed by atoms with van der Waals surface area (Å²) in [6.07, 6.45) is 1.72. The van der Waals surface area contributed by atoms with Crippen molar-refractivity contribution >= 4 is 11.6 Å². The van der Waals surface area contributed by atoms with Gasteiger partial charge in [0.25, 0.3) is 0 Å². The molecule has 0 bridgehead atoms. The normalized spacial score (nSPS) is 17.2. The summed E-state index contributed by atoms with van der Waals surface area (Å²) in [5, 5.41) is 3.08. The van der Waals surface area contributed by atoms with Gasteiger partial charge in [-0.15, -0.1) is 0 Å². The molecule has 130 valence electrons. The topological polar surface area (TPSA) is 47.6 Å². The lowest BCUT2D eigenvalue weighted by Gasteiger charge is -2.20. The summed E-state index contributed by atoms with van der Waals surface area (Å²) in [6.45, 7) is 6.79. The Labute approximate surface area is 148 Å². The molecule has 1 heterocycles. The minimum Gasteiger partial charge on any atom is -0.454 e. The molecule has 1 aliphatic carbocycles. The zero-order valence-corrected chi connectivity index (χ0v) is 14.9. The number of benzene rings is 2. The van der Waals surface area contributed by atoms with E-state index < -0.39 is 5.41 Å². The second-order valence-corrected chi connectivity index (χ2v) is 7.93. The third-order valence-corrected chi connectivity index (χ3v) is 5.12. The Bertz CT molecular complexity index is 814. The molecule has 1 aliphatic heterocycles. The van der Waals surface area contributed by atoms with Crippen molar-refractivity contribution < 1.29 is 14.3 Å². The summed E-state index contributed by atoms with van der Waals surface area (Å²) >= 11 is 0. The Balaban J connectivity index is 1.53. The molecule has 2 aliphatic rings. The van der Waals surface area contributed by atoms with Gasteiger partial charge in [-0.3, -0.25) is 4.79 Å². The number of hydrogen-bond donors (Lipinski definition) is 1. The van der Waals surface area contributed by atoms with Crippen LogP contribution in [0.5, 0.6) is 11.5 Å². The van der Waals surface area contributed by atoms with Crippen LogP contribution >= 0.6 is 0 Å². The zero-order valence-electron chi connectivity index (χ0n) is 14.9. The lowest BCUT2D eigenvalue weighted by atomic mass is 9.87. The Morgan fingerprint density at radius 1 is 1.00 bits per heavy atom. The second kappa shape index (κ2) is 5.51. The standard InChI is InChI=1S/C21H23NO3/c1-20(2,3)14-4-7-16(8-5-14)22-19(23)21(10-11-21)15-6-9-17-18(12-15)25-13-24-17/h4-9,12H,10-11,13H2,1-3H3,(H,22,23). The van der Waals surface area contributed by atoms with Crippen molar-refractivity contribution in [2.45, 2.75) is 44.4 Å². The number of carbonyl (C=O) groups is 1. The maximum Gasteiger partial charge on any atom is 0.235 e. The number of nitrogens with one attached hydrogen (secondary N) is 1. The van der Waals surface area contributed by atoms with Crippen LogP contribution in [0.2, 0.25) is 0 Å². The molecule has 2 aromatic rings. The summed E-state index contributed by atoms with van der Waals surface area (Å²) in [4.78, 5) is 12.9. The van der Waals surface area contributed by atoms with E-state index in [1.54, 1.807) is 0 Å². The Morgan fingerprint density at radius 3 is 2.32 bits per heavy atom. The molecule has 4 nitrogen and oxygen atoms in total. The number of anilines is 1. The predicted molar refractivity (Wildman–Crippen MR) is 97.2 cm³/mol. The fourth-order valence-corrected chi connectivity index (χ4v) is 3.27. The number of carbonyl (C=O) groups excluding carboxylic acids is 1. The molecule has 2 aromatic carbocycles. The van der Waals surface area contributed by atoms with E-state index in [-0.39, 0.29) is 18.1 Å². The maximum atomic E-state index is 12.9. The Kier molecular flexibility index (Phi) is 3.53. The van der Waals surface area contributed by atoms with Crippen molar-refractivity contribution in [2.75, 3.05) is 12.1 Å². The molecule has 4 heteroatoms. The molecular formula is C21H23NO3. The molecule has 0 atom stereocenters. The van der Waals surface area contributed by atoms with Crippen molar-refractivity contribution in [2.24, 2.45) is 0 Å². The van der Waals surface area contributed by atoms with E-state index in [9.17, 15) is 4.79 Å². The van der Waals surface area contributed by atoms with E-state index in [1.165, 1.54) is 5.56 Å². The fourth-order valence-electron chi connectivity index (χ4n) is 3.27. The van der Waals surface area contributed by atoms with E-state index in [4.69, 9.17) is 9.47 Å². The molecule has 0 spiro atoms. The molecule has 1 fully saturated rings. The zero-order chi connectivity index (χ0) is 17.7. The van der Waals surface area contributed by atoms with Gasteiger partial charge in [-0.05, 0) is 53.6 Å². The van der Waals surface area contributed by atoms with Gasteiger partial charge < -0.3 is 14.8 Å². The highest BCUT2D eigenvalue weighted by atomic mass is 16.7. The molecule has 1 N–H and O–H groups in total. The van der Waals surface area contributed by atoms with Gasteiger partial charge in [-0.2, -0.15) is 0 Å². The monoisotopic (exact) mass is 337 g/mol. The van der Waals surface area contributed by atoms with Crippen molar-refractivity contribution in [3.8, 4) is 11.5 Å². The summed E-state index contributed by atoms with van der Waals surface area (Å²) in [7, 11) is 0. The largest absolute Gasteiger partial charge is 0.454 e. The van der Waals surface area contributed by atoms with E-state index in [0.717, 1.165) is 35.6 Å². The van der Waals surface area contributed by atoms with Gasteiger partial charge in [0.1, 0.15) is 0 Å². The van der Waals surface area contributed by atoms with Crippen LogP contribution < -0.4 is 14.8 Å². The highest BCUT2D eigenvalue weighted by Crippen LogP contribution is 2.51. The Hall–Kier alpha value is -2.49. The third kappa shape index (κ3) is 2.86. The van der Waals surface area contributed by atoms with Gasteiger partial charge in [0, 0.05) is 5.69 Å². The molecule has 1 saturated carbocycles. The number of ether oxygens (including phenoxy) is 2. The lowest BCUT2D eigenvalue weighted by Crippen LogP contribution is -2.27. The first kappa shape index (κ1) is 16.0. The van der Waals surface area contributed by atoms with E-state index >= 15 is 0 Å². The van der Waals surface area contributed by atoms with E-state index in [2.05, 4.69) is 38.2 Å². The van der Waals surface area contributed by atoms with Crippen LogP contribution in [-0.4, -0.2) is 12.7 Å². The first-order valence-electron chi connectivity index (χ1n) is 8.71.